The highest BCUT2D eigenvalue weighted by Gasteiger charge is 2.05. The summed E-state index contributed by atoms with van der Waals surface area (Å²) in [5.41, 5.74) is 6.68. The molecule has 0 spiro atoms. The first-order valence-electron chi connectivity index (χ1n) is 26.1. The van der Waals surface area contributed by atoms with Crippen molar-refractivity contribution in [3.63, 3.8) is 0 Å². The molecule has 15 aromatic carbocycles. The molecule has 0 bridgehead atoms. The molecule has 0 aliphatic rings. The smallest absolute Gasteiger partial charge is 0.00761 e. The summed E-state index contributed by atoms with van der Waals surface area (Å²) in [6.07, 6.45) is 0. The Hall–Kier alpha value is -9.10. The zero-order valence-corrected chi connectivity index (χ0v) is 43.5. The predicted octanol–water partition coefficient (Wildman–Crippen LogP) is 21.5. The van der Waals surface area contributed by atoms with Crippen LogP contribution in [-0.2, 0) is 0 Å². The monoisotopic (exact) mass is 960 g/mol. The molecule has 0 heterocycles. The van der Waals surface area contributed by atoms with E-state index in [-0.39, 0.29) is 0 Å². The predicted molar refractivity (Wildman–Crippen MR) is 331 cm³/mol. The lowest BCUT2D eigenvalue weighted by molar-refractivity contribution is 1.51. The number of hydrogen-bond donors (Lipinski definition) is 0. The lowest BCUT2D eigenvalue weighted by Gasteiger charge is -2.06. The minimum absolute atomic E-state index is 1.31. The maximum absolute atomic E-state index is 2.26. The Kier molecular flexibility index (Phi) is 13.8. The van der Waals surface area contributed by atoms with Gasteiger partial charge < -0.3 is 0 Å². The van der Waals surface area contributed by atoms with Gasteiger partial charge in [0.2, 0.25) is 0 Å². The van der Waals surface area contributed by atoms with E-state index in [0.29, 0.717) is 0 Å². The first kappa shape index (κ1) is 48.2. The van der Waals surface area contributed by atoms with Gasteiger partial charge in [-0.3, -0.25) is 0 Å². The standard InChI is InChI=1S/5C15H12/c1-11-5-4-7-13-10-9-12-6-2-3-8-14(12)15(11)13;1-11-10-12-6-2-3-8-14(12)15-9-5-4-7-13(11)15;1-11-5-4-8-15-13(11)10-9-12-6-2-3-7-14(12)15;1-11-6-9-15-13(10-11)8-7-12-4-2-3-5-14(12)15;1-11-6-7-13-9-8-12-4-2-3-5-14(12)15(13)10-11/h5*2-10H,1H3. The third-order valence-corrected chi connectivity index (χ3v) is 14.8. The maximum atomic E-state index is 2.26. The van der Waals surface area contributed by atoms with Crippen molar-refractivity contribution in [1.82, 2.24) is 0 Å². The first-order chi connectivity index (χ1) is 36.8. The highest BCUT2D eigenvalue weighted by Crippen LogP contribution is 2.31. The maximum Gasteiger partial charge on any atom is -0.00761 e. The van der Waals surface area contributed by atoms with Crippen LogP contribution in [0.1, 0.15) is 27.8 Å². The highest BCUT2D eigenvalue weighted by atomic mass is 14.1. The average Bonchev–Trinajstić information content (AvgIpc) is 3.46. The summed E-state index contributed by atoms with van der Waals surface area (Å²) in [5.74, 6) is 0. The molecule has 0 N–H and O–H groups in total. The fourth-order valence-corrected chi connectivity index (χ4v) is 10.9. The Morgan fingerprint density at radius 1 is 0.160 bits per heavy atom. The van der Waals surface area contributed by atoms with Crippen molar-refractivity contribution >= 4 is 108 Å². The topological polar surface area (TPSA) is 0 Å². The lowest BCUT2D eigenvalue weighted by Crippen LogP contribution is -1.81. The molecule has 360 valence electrons. The van der Waals surface area contributed by atoms with Crippen LogP contribution in [0.2, 0.25) is 0 Å². The van der Waals surface area contributed by atoms with Crippen LogP contribution < -0.4 is 0 Å². The Morgan fingerprint density at radius 3 is 1.12 bits per heavy atom. The molecule has 0 heteroatoms. The van der Waals surface area contributed by atoms with Crippen LogP contribution in [0, 0.1) is 34.6 Å². The van der Waals surface area contributed by atoms with Crippen LogP contribution in [0.4, 0.5) is 0 Å². The quantitative estimate of drug-likeness (QED) is 0.133. The summed E-state index contributed by atoms with van der Waals surface area (Å²) >= 11 is 0. The minimum Gasteiger partial charge on any atom is -0.0616 e. The molecule has 0 atom stereocenters. The van der Waals surface area contributed by atoms with Crippen LogP contribution in [0.15, 0.2) is 273 Å². The molecular weight excluding hydrogens is 901 g/mol. The summed E-state index contributed by atoms with van der Waals surface area (Å²) in [7, 11) is 0. The largest absolute Gasteiger partial charge is 0.0616 e. The van der Waals surface area contributed by atoms with Gasteiger partial charge >= 0.3 is 0 Å². The van der Waals surface area contributed by atoms with E-state index in [2.05, 4.69) is 308 Å². The highest BCUT2D eigenvalue weighted by molar-refractivity contribution is 6.12. The molecule has 0 fully saturated rings. The first-order valence-corrected chi connectivity index (χ1v) is 26.1. The van der Waals surface area contributed by atoms with Crippen molar-refractivity contribution in [2.24, 2.45) is 0 Å². The molecule has 0 aliphatic carbocycles. The van der Waals surface area contributed by atoms with E-state index in [1.54, 1.807) is 0 Å². The summed E-state index contributed by atoms with van der Waals surface area (Å²) in [4.78, 5) is 0. The van der Waals surface area contributed by atoms with E-state index in [1.165, 1.54) is 136 Å². The number of benzene rings is 15. The molecule has 15 aromatic rings. The minimum atomic E-state index is 1.31. The Morgan fingerprint density at radius 2 is 0.480 bits per heavy atom. The molecule has 0 amide bonds. The third kappa shape index (κ3) is 10.2. The summed E-state index contributed by atoms with van der Waals surface area (Å²) in [5, 5.41) is 26.8. The molecule has 0 saturated carbocycles. The second kappa shape index (κ2) is 21.5. The number of aryl methyl sites for hydroxylation is 5. The van der Waals surface area contributed by atoms with Crippen molar-refractivity contribution in [1.29, 1.82) is 0 Å². The van der Waals surface area contributed by atoms with E-state index in [9.17, 15) is 0 Å². The van der Waals surface area contributed by atoms with E-state index in [1.807, 2.05) is 0 Å². The van der Waals surface area contributed by atoms with Crippen molar-refractivity contribution in [2.45, 2.75) is 34.6 Å². The van der Waals surface area contributed by atoms with Gasteiger partial charge in [0, 0.05) is 0 Å². The van der Waals surface area contributed by atoms with Gasteiger partial charge in [-0.25, -0.2) is 0 Å². The van der Waals surface area contributed by atoms with Crippen molar-refractivity contribution < 1.29 is 0 Å². The van der Waals surface area contributed by atoms with Crippen LogP contribution >= 0.6 is 0 Å². The number of rotatable bonds is 0. The van der Waals surface area contributed by atoms with Crippen molar-refractivity contribution in [2.75, 3.05) is 0 Å². The van der Waals surface area contributed by atoms with E-state index >= 15 is 0 Å². The van der Waals surface area contributed by atoms with Crippen LogP contribution in [0.3, 0.4) is 0 Å². The van der Waals surface area contributed by atoms with Gasteiger partial charge in [-0.2, -0.15) is 0 Å². The second-order valence-corrected chi connectivity index (χ2v) is 19.9. The van der Waals surface area contributed by atoms with Crippen LogP contribution in [0.25, 0.3) is 108 Å². The Labute approximate surface area is 440 Å². The zero-order chi connectivity index (χ0) is 51.3. The van der Waals surface area contributed by atoms with Crippen molar-refractivity contribution in [3.05, 3.63) is 301 Å². The SMILES string of the molecule is Cc1cc2ccccc2c2ccccc12.Cc1ccc2c(ccc3ccccc32)c1.Cc1ccc2ccc3ccccc3c2c1.Cc1cccc2c1ccc1ccccc12.Cc1cccc2ccc3ccccc3c12. The molecule has 0 aromatic heterocycles. The molecule has 0 saturated heterocycles. The van der Waals surface area contributed by atoms with Gasteiger partial charge in [-0.1, -0.05) is 284 Å². The fourth-order valence-electron chi connectivity index (χ4n) is 10.9. The molecule has 0 aliphatic heterocycles. The third-order valence-electron chi connectivity index (χ3n) is 14.8. The molecule has 15 rings (SSSR count). The fraction of sp³-hybridized carbons (Fsp3) is 0.0667. The zero-order valence-electron chi connectivity index (χ0n) is 43.5. The molecule has 75 heavy (non-hydrogen) atoms. The molecular formula is C75H60. The summed E-state index contributed by atoms with van der Waals surface area (Å²) in [6, 6.07) is 97.4. The van der Waals surface area contributed by atoms with Gasteiger partial charge in [0.15, 0.2) is 0 Å². The molecule has 0 radical (unpaired) electrons. The van der Waals surface area contributed by atoms with Gasteiger partial charge in [0.25, 0.3) is 0 Å². The van der Waals surface area contributed by atoms with Gasteiger partial charge in [0.1, 0.15) is 0 Å². The Balaban J connectivity index is 0.000000100. The second-order valence-electron chi connectivity index (χ2n) is 19.9. The Bertz CT molecular complexity index is 4450. The van der Waals surface area contributed by atoms with Crippen molar-refractivity contribution in [3.8, 4) is 0 Å². The van der Waals surface area contributed by atoms with E-state index in [4.69, 9.17) is 0 Å². The van der Waals surface area contributed by atoms with E-state index < -0.39 is 0 Å². The van der Waals surface area contributed by atoms with Gasteiger partial charge in [-0.05, 0) is 159 Å². The van der Waals surface area contributed by atoms with Gasteiger partial charge in [-0.15, -0.1) is 0 Å². The molecule has 0 unspecified atom stereocenters. The summed E-state index contributed by atoms with van der Waals surface area (Å²) in [6.45, 7) is 10.8. The van der Waals surface area contributed by atoms with Crippen LogP contribution in [0.5, 0.6) is 0 Å². The lowest BCUT2D eigenvalue weighted by atomic mass is 9.98. The number of hydrogen-bond acceptors (Lipinski definition) is 0. The van der Waals surface area contributed by atoms with E-state index in [0.717, 1.165) is 0 Å². The summed E-state index contributed by atoms with van der Waals surface area (Å²) < 4.78 is 0. The average molecular weight is 961 g/mol. The van der Waals surface area contributed by atoms with Gasteiger partial charge in [0.05, 0.1) is 0 Å². The number of fused-ring (bicyclic) bond motifs is 15. The van der Waals surface area contributed by atoms with Crippen LogP contribution in [-0.4, -0.2) is 0 Å². The normalized spacial score (nSPS) is 11.0. The molecule has 0 nitrogen and oxygen atoms in total.